The average Bonchev–Trinajstić information content (AvgIpc) is 2.35. The van der Waals surface area contributed by atoms with Crippen molar-refractivity contribution in [3.05, 3.63) is 23.8 Å². The van der Waals surface area contributed by atoms with Gasteiger partial charge in [0.1, 0.15) is 11.5 Å². The molecule has 0 radical (unpaired) electrons. The molecule has 0 fully saturated rings. The molecule has 1 aromatic carbocycles. The molecule has 0 unspecified atom stereocenters. The van der Waals surface area contributed by atoms with E-state index in [2.05, 4.69) is 0 Å². The van der Waals surface area contributed by atoms with Crippen molar-refractivity contribution in [2.45, 2.75) is 19.6 Å². The topological polar surface area (TPSA) is 65.0 Å². The van der Waals surface area contributed by atoms with Gasteiger partial charge in [0.2, 0.25) is 0 Å². The third kappa shape index (κ3) is 3.64. The Hall–Kier alpha value is -1.75. The van der Waals surface area contributed by atoms with Gasteiger partial charge in [-0.15, -0.1) is 0 Å². The first-order valence-electron chi connectivity index (χ1n) is 5.13. The first kappa shape index (κ1) is 13.3. The second kappa shape index (κ2) is 6.10. The van der Waals surface area contributed by atoms with Gasteiger partial charge in [0.25, 0.3) is 0 Å². The maximum Gasteiger partial charge on any atom is 0.332 e. The number of ether oxygens (including phenoxy) is 3. The van der Waals surface area contributed by atoms with E-state index in [-0.39, 0.29) is 6.61 Å². The van der Waals surface area contributed by atoms with Crippen LogP contribution in [0.5, 0.6) is 11.5 Å². The molecule has 1 aromatic rings. The Bertz CT molecular complexity index is 388. The standard InChI is InChI=1S/C12H16O5/c1-8(12(13)14)17-7-9-6-10(15-2)4-5-11(9)16-3/h4-6,8H,7H2,1-3H3,(H,13,14)/t8-/m1/s1. The van der Waals surface area contributed by atoms with Crippen LogP contribution in [0.25, 0.3) is 0 Å². The summed E-state index contributed by atoms with van der Waals surface area (Å²) >= 11 is 0. The lowest BCUT2D eigenvalue weighted by Gasteiger charge is -2.12. The van der Waals surface area contributed by atoms with Crippen LogP contribution < -0.4 is 9.47 Å². The molecule has 17 heavy (non-hydrogen) atoms. The summed E-state index contributed by atoms with van der Waals surface area (Å²) in [7, 11) is 3.11. The fraction of sp³-hybridized carbons (Fsp3) is 0.417. The minimum atomic E-state index is -0.994. The number of methoxy groups -OCH3 is 2. The maximum absolute atomic E-state index is 10.6. The molecule has 0 saturated heterocycles. The van der Waals surface area contributed by atoms with Crippen LogP contribution in [0.3, 0.4) is 0 Å². The SMILES string of the molecule is COc1ccc(OC)c(CO[C@H](C)C(=O)O)c1. The summed E-state index contributed by atoms with van der Waals surface area (Å²) in [6, 6.07) is 5.28. The Morgan fingerprint density at radius 1 is 1.35 bits per heavy atom. The van der Waals surface area contributed by atoms with Crippen LogP contribution in [0.4, 0.5) is 0 Å². The second-order valence-corrected chi connectivity index (χ2v) is 3.47. The Morgan fingerprint density at radius 3 is 2.59 bits per heavy atom. The molecule has 0 bridgehead atoms. The maximum atomic E-state index is 10.6. The predicted molar refractivity (Wildman–Crippen MR) is 61.4 cm³/mol. The van der Waals surface area contributed by atoms with Gasteiger partial charge in [0, 0.05) is 5.56 Å². The molecule has 1 N–H and O–H groups in total. The Labute approximate surface area is 99.9 Å². The van der Waals surface area contributed by atoms with E-state index in [1.807, 2.05) is 0 Å². The number of aliphatic carboxylic acids is 1. The van der Waals surface area contributed by atoms with Gasteiger partial charge in [0.15, 0.2) is 6.10 Å². The van der Waals surface area contributed by atoms with E-state index < -0.39 is 12.1 Å². The molecule has 1 atom stereocenters. The van der Waals surface area contributed by atoms with Crippen molar-refractivity contribution in [2.24, 2.45) is 0 Å². The van der Waals surface area contributed by atoms with Gasteiger partial charge in [-0.3, -0.25) is 0 Å². The quantitative estimate of drug-likeness (QED) is 0.819. The Kier molecular flexibility index (Phi) is 4.78. The average molecular weight is 240 g/mol. The van der Waals surface area contributed by atoms with Crippen molar-refractivity contribution in [1.82, 2.24) is 0 Å². The summed E-state index contributed by atoms with van der Waals surface area (Å²) in [5, 5.41) is 8.71. The summed E-state index contributed by atoms with van der Waals surface area (Å²) in [5.74, 6) is 0.322. The molecule has 0 amide bonds. The van der Waals surface area contributed by atoms with Crippen molar-refractivity contribution < 1.29 is 24.1 Å². The molecule has 94 valence electrons. The summed E-state index contributed by atoms with van der Waals surface area (Å²) < 4.78 is 15.4. The van der Waals surface area contributed by atoms with Crippen LogP contribution in [0.15, 0.2) is 18.2 Å². The van der Waals surface area contributed by atoms with Crippen LogP contribution in [0.1, 0.15) is 12.5 Å². The van der Waals surface area contributed by atoms with E-state index >= 15 is 0 Å². The van der Waals surface area contributed by atoms with Crippen molar-refractivity contribution in [3.8, 4) is 11.5 Å². The number of carboxylic acids is 1. The lowest BCUT2D eigenvalue weighted by atomic mass is 10.2. The van der Waals surface area contributed by atoms with Crippen molar-refractivity contribution in [1.29, 1.82) is 0 Å². The highest BCUT2D eigenvalue weighted by atomic mass is 16.5. The molecule has 0 spiro atoms. The summed E-state index contributed by atoms with van der Waals surface area (Å²) in [5.41, 5.74) is 0.750. The van der Waals surface area contributed by atoms with E-state index in [0.29, 0.717) is 11.5 Å². The van der Waals surface area contributed by atoms with Gasteiger partial charge >= 0.3 is 5.97 Å². The Morgan fingerprint density at radius 2 is 2.06 bits per heavy atom. The molecular weight excluding hydrogens is 224 g/mol. The normalized spacial score (nSPS) is 11.9. The molecule has 0 aliphatic carbocycles. The summed E-state index contributed by atoms with van der Waals surface area (Å²) in [6.07, 6.45) is -0.856. The lowest BCUT2D eigenvalue weighted by molar-refractivity contribution is -0.149. The van der Waals surface area contributed by atoms with Gasteiger partial charge in [-0.2, -0.15) is 0 Å². The smallest absolute Gasteiger partial charge is 0.332 e. The zero-order chi connectivity index (χ0) is 12.8. The zero-order valence-corrected chi connectivity index (χ0v) is 10.1. The highest BCUT2D eigenvalue weighted by Gasteiger charge is 2.13. The van der Waals surface area contributed by atoms with Gasteiger partial charge < -0.3 is 19.3 Å². The first-order chi connectivity index (χ1) is 8.08. The molecule has 0 aromatic heterocycles. The predicted octanol–water partition coefficient (Wildman–Crippen LogP) is 1.69. The van der Waals surface area contributed by atoms with Crippen LogP contribution in [-0.4, -0.2) is 31.4 Å². The van der Waals surface area contributed by atoms with E-state index in [1.165, 1.54) is 6.92 Å². The summed E-state index contributed by atoms with van der Waals surface area (Å²) in [6.45, 7) is 1.64. The highest BCUT2D eigenvalue weighted by Crippen LogP contribution is 2.24. The molecule has 0 saturated carbocycles. The molecular formula is C12H16O5. The van der Waals surface area contributed by atoms with Crippen LogP contribution in [0, 0.1) is 0 Å². The lowest BCUT2D eigenvalue weighted by Crippen LogP contribution is -2.19. The second-order valence-electron chi connectivity index (χ2n) is 3.47. The fourth-order valence-electron chi connectivity index (χ4n) is 1.28. The zero-order valence-electron chi connectivity index (χ0n) is 10.1. The number of benzene rings is 1. The molecule has 0 aliphatic heterocycles. The van der Waals surface area contributed by atoms with Crippen molar-refractivity contribution in [3.63, 3.8) is 0 Å². The third-order valence-corrected chi connectivity index (χ3v) is 2.32. The summed E-state index contributed by atoms with van der Waals surface area (Å²) in [4.78, 5) is 10.6. The first-order valence-corrected chi connectivity index (χ1v) is 5.13. The van der Waals surface area contributed by atoms with E-state index in [4.69, 9.17) is 19.3 Å². The van der Waals surface area contributed by atoms with Crippen LogP contribution in [0.2, 0.25) is 0 Å². The monoisotopic (exact) mass is 240 g/mol. The third-order valence-electron chi connectivity index (χ3n) is 2.32. The van der Waals surface area contributed by atoms with Gasteiger partial charge in [-0.05, 0) is 25.1 Å². The highest BCUT2D eigenvalue weighted by molar-refractivity contribution is 5.71. The molecule has 5 heteroatoms. The van der Waals surface area contributed by atoms with Gasteiger partial charge in [0.05, 0.1) is 20.8 Å². The van der Waals surface area contributed by atoms with E-state index in [9.17, 15) is 4.79 Å². The van der Waals surface area contributed by atoms with Crippen molar-refractivity contribution in [2.75, 3.05) is 14.2 Å². The molecule has 0 heterocycles. The fourth-order valence-corrected chi connectivity index (χ4v) is 1.28. The minimum Gasteiger partial charge on any atom is -0.497 e. The van der Waals surface area contributed by atoms with E-state index in [0.717, 1.165) is 5.56 Å². The minimum absolute atomic E-state index is 0.161. The largest absolute Gasteiger partial charge is 0.497 e. The van der Waals surface area contributed by atoms with E-state index in [1.54, 1.807) is 32.4 Å². The number of carbonyl (C=O) groups is 1. The van der Waals surface area contributed by atoms with Crippen LogP contribution >= 0.6 is 0 Å². The number of rotatable bonds is 6. The molecule has 0 aliphatic rings. The van der Waals surface area contributed by atoms with Gasteiger partial charge in [-0.1, -0.05) is 0 Å². The number of hydrogen-bond donors (Lipinski definition) is 1. The Balaban J connectivity index is 2.77. The molecule has 5 nitrogen and oxygen atoms in total. The number of carboxylic acid groups (broad SMARTS) is 1. The number of hydrogen-bond acceptors (Lipinski definition) is 4. The van der Waals surface area contributed by atoms with Crippen molar-refractivity contribution >= 4 is 5.97 Å². The van der Waals surface area contributed by atoms with Crippen LogP contribution in [-0.2, 0) is 16.1 Å². The van der Waals surface area contributed by atoms with Gasteiger partial charge in [-0.25, -0.2) is 4.79 Å². The molecule has 1 rings (SSSR count).